The number of carbonyl (C=O) groups is 2. The first-order chi connectivity index (χ1) is 16.8. The molecular formula is C28H35N3O4. The molecule has 0 saturated heterocycles. The molecular weight excluding hydrogens is 442 g/mol. The van der Waals surface area contributed by atoms with Gasteiger partial charge in [0.1, 0.15) is 5.82 Å². The van der Waals surface area contributed by atoms with Crippen molar-refractivity contribution in [1.29, 1.82) is 0 Å². The van der Waals surface area contributed by atoms with Crippen LogP contribution in [0, 0.1) is 12.8 Å². The van der Waals surface area contributed by atoms with Crippen molar-refractivity contribution in [2.75, 3.05) is 13.2 Å². The standard InChI is InChI=1S/C28H35N3O4/c1-6-24(30(18-19(3)4)25(32)15-16-26(33)35-7-2)27-29-23-14-9-8-13-22(23)28(34)31(27)21-12-10-11-20(5)17-21/h8-14,17,19,24H,6-7,15-16,18H2,1-5H3. The molecule has 7 nitrogen and oxygen atoms in total. The van der Waals surface area contributed by atoms with Crippen molar-refractivity contribution in [3.63, 3.8) is 0 Å². The van der Waals surface area contributed by atoms with Gasteiger partial charge in [0.05, 0.1) is 35.7 Å². The predicted molar refractivity (Wildman–Crippen MR) is 138 cm³/mol. The summed E-state index contributed by atoms with van der Waals surface area (Å²) in [5.74, 6) is 0.165. The summed E-state index contributed by atoms with van der Waals surface area (Å²) >= 11 is 0. The molecule has 0 N–H and O–H groups in total. The number of benzene rings is 2. The lowest BCUT2D eigenvalue weighted by Gasteiger charge is -2.33. The van der Waals surface area contributed by atoms with Gasteiger partial charge >= 0.3 is 5.97 Å². The summed E-state index contributed by atoms with van der Waals surface area (Å²) < 4.78 is 6.64. The van der Waals surface area contributed by atoms with Gasteiger partial charge in [0.15, 0.2) is 0 Å². The molecule has 2 aromatic carbocycles. The molecule has 0 bridgehead atoms. The molecule has 0 aliphatic heterocycles. The van der Waals surface area contributed by atoms with E-state index in [1.165, 1.54) is 0 Å². The number of aryl methyl sites for hydroxylation is 1. The molecule has 0 radical (unpaired) electrons. The Morgan fingerprint density at radius 2 is 1.80 bits per heavy atom. The molecule has 0 aliphatic carbocycles. The van der Waals surface area contributed by atoms with Crippen molar-refractivity contribution >= 4 is 22.8 Å². The lowest BCUT2D eigenvalue weighted by Crippen LogP contribution is -2.40. The van der Waals surface area contributed by atoms with Crippen molar-refractivity contribution < 1.29 is 14.3 Å². The van der Waals surface area contributed by atoms with Gasteiger partial charge in [-0.15, -0.1) is 0 Å². The minimum absolute atomic E-state index is 0.0214. The van der Waals surface area contributed by atoms with Gasteiger partial charge in [-0.25, -0.2) is 4.98 Å². The van der Waals surface area contributed by atoms with E-state index in [0.717, 1.165) is 5.56 Å². The number of aromatic nitrogens is 2. The van der Waals surface area contributed by atoms with Gasteiger partial charge in [0.2, 0.25) is 5.91 Å². The maximum atomic E-state index is 13.7. The summed E-state index contributed by atoms with van der Waals surface area (Å²) in [5.41, 5.74) is 2.16. The van der Waals surface area contributed by atoms with E-state index in [-0.39, 0.29) is 42.8 Å². The average Bonchev–Trinajstić information content (AvgIpc) is 2.82. The SMILES string of the molecule is CCOC(=O)CCC(=O)N(CC(C)C)C(CC)c1nc2ccccc2c(=O)n1-c1cccc(C)c1. The lowest BCUT2D eigenvalue weighted by atomic mass is 10.1. The number of ether oxygens (including phenoxy) is 1. The number of esters is 1. The highest BCUT2D eigenvalue weighted by atomic mass is 16.5. The second-order valence-electron chi connectivity index (χ2n) is 9.14. The van der Waals surface area contributed by atoms with Crippen LogP contribution in [0.15, 0.2) is 53.3 Å². The fourth-order valence-electron chi connectivity index (χ4n) is 4.31. The van der Waals surface area contributed by atoms with Crippen LogP contribution in [-0.2, 0) is 14.3 Å². The largest absolute Gasteiger partial charge is 0.466 e. The molecule has 1 aromatic heterocycles. The molecule has 0 spiro atoms. The Morgan fingerprint density at radius 3 is 2.46 bits per heavy atom. The van der Waals surface area contributed by atoms with Gasteiger partial charge in [0, 0.05) is 13.0 Å². The normalized spacial score (nSPS) is 12.1. The zero-order chi connectivity index (χ0) is 25.5. The number of fused-ring (bicyclic) bond motifs is 1. The van der Waals surface area contributed by atoms with E-state index in [9.17, 15) is 14.4 Å². The van der Waals surface area contributed by atoms with Gasteiger partial charge in [-0.2, -0.15) is 0 Å². The van der Waals surface area contributed by atoms with Crippen molar-refractivity contribution in [2.24, 2.45) is 5.92 Å². The number of hydrogen-bond acceptors (Lipinski definition) is 5. The van der Waals surface area contributed by atoms with Crippen molar-refractivity contribution in [3.05, 3.63) is 70.3 Å². The van der Waals surface area contributed by atoms with E-state index in [1.807, 2.05) is 70.2 Å². The van der Waals surface area contributed by atoms with E-state index in [2.05, 4.69) is 0 Å². The molecule has 1 heterocycles. The Labute approximate surface area is 206 Å². The average molecular weight is 478 g/mol. The Morgan fingerprint density at radius 1 is 1.06 bits per heavy atom. The molecule has 186 valence electrons. The third-order valence-electron chi connectivity index (χ3n) is 5.85. The van der Waals surface area contributed by atoms with Gasteiger partial charge in [0.25, 0.3) is 5.56 Å². The Hall–Kier alpha value is -3.48. The number of hydrogen-bond donors (Lipinski definition) is 0. The fourth-order valence-corrected chi connectivity index (χ4v) is 4.31. The van der Waals surface area contributed by atoms with Crippen LogP contribution >= 0.6 is 0 Å². The minimum Gasteiger partial charge on any atom is -0.466 e. The van der Waals surface area contributed by atoms with Crippen LogP contribution in [0.25, 0.3) is 16.6 Å². The zero-order valence-corrected chi connectivity index (χ0v) is 21.3. The highest BCUT2D eigenvalue weighted by Crippen LogP contribution is 2.28. The lowest BCUT2D eigenvalue weighted by molar-refractivity contribution is -0.146. The number of amides is 1. The van der Waals surface area contributed by atoms with Crippen molar-refractivity contribution in [3.8, 4) is 5.69 Å². The van der Waals surface area contributed by atoms with E-state index in [0.29, 0.717) is 35.4 Å². The molecule has 35 heavy (non-hydrogen) atoms. The van der Waals surface area contributed by atoms with Crippen molar-refractivity contribution in [2.45, 2.75) is 59.9 Å². The Kier molecular flexibility index (Phi) is 8.79. The summed E-state index contributed by atoms with van der Waals surface area (Å²) in [6, 6.07) is 14.6. The van der Waals surface area contributed by atoms with Crippen LogP contribution in [0.4, 0.5) is 0 Å². The van der Waals surface area contributed by atoms with Gasteiger partial charge < -0.3 is 9.64 Å². The van der Waals surface area contributed by atoms with Crippen molar-refractivity contribution in [1.82, 2.24) is 14.5 Å². The molecule has 3 rings (SSSR count). The van der Waals surface area contributed by atoms with E-state index >= 15 is 0 Å². The fraction of sp³-hybridized carbons (Fsp3) is 0.429. The van der Waals surface area contributed by atoms with Crippen LogP contribution in [0.3, 0.4) is 0 Å². The molecule has 0 saturated carbocycles. The highest BCUT2D eigenvalue weighted by Gasteiger charge is 2.29. The Bertz CT molecular complexity index is 1250. The van der Waals surface area contributed by atoms with Crippen LogP contribution in [0.5, 0.6) is 0 Å². The number of para-hydroxylation sites is 1. The maximum absolute atomic E-state index is 13.7. The van der Waals surface area contributed by atoms with Gasteiger partial charge in [-0.3, -0.25) is 19.0 Å². The predicted octanol–water partition coefficient (Wildman–Crippen LogP) is 4.97. The first-order valence-corrected chi connectivity index (χ1v) is 12.3. The summed E-state index contributed by atoms with van der Waals surface area (Å²) in [5, 5.41) is 0.525. The van der Waals surface area contributed by atoms with E-state index in [1.54, 1.807) is 22.5 Å². The van der Waals surface area contributed by atoms with E-state index in [4.69, 9.17) is 9.72 Å². The summed E-state index contributed by atoms with van der Waals surface area (Å²) in [4.78, 5) is 45.8. The summed E-state index contributed by atoms with van der Waals surface area (Å²) in [7, 11) is 0. The summed E-state index contributed by atoms with van der Waals surface area (Å²) in [6.07, 6.45) is 0.631. The van der Waals surface area contributed by atoms with Crippen LogP contribution in [0.2, 0.25) is 0 Å². The molecule has 1 unspecified atom stereocenters. The van der Waals surface area contributed by atoms with Crippen LogP contribution in [-0.4, -0.2) is 39.5 Å². The van der Waals surface area contributed by atoms with E-state index < -0.39 is 6.04 Å². The number of carbonyl (C=O) groups excluding carboxylic acids is 2. The number of rotatable bonds is 10. The van der Waals surface area contributed by atoms with Gasteiger partial charge in [-0.1, -0.05) is 45.0 Å². The second-order valence-corrected chi connectivity index (χ2v) is 9.14. The molecule has 1 atom stereocenters. The number of nitrogens with zero attached hydrogens (tertiary/aromatic N) is 3. The smallest absolute Gasteiger partial charge is 0.306 e. The second kappa shape index (κ2) is 11.8. The molecule has 1 amide bonds. The maximum Gasteiger partial charge on any atom is 0.306 e. The zero-order valence-electron chi connectivity index (χ0n) is 21.3. The molecule has 0 fully saturated rings. The van der Waals surface area contributed by atoms with Crippen LogP contribution in [0.1, 0.15) is 64.4 Å². The molecule has 7 heteroatoms. The summed E-state index contributed by atoms with van der Waals surface area (Å²) in [6.45, 7) is 10.6. The van der Waals surface area contributed by atoms with Crippen LogP contribution < -0.4 is 5.56 Å². The highest BCUT2D eigenvalue weighted by molar-refractivity contribution is 5.82. The monoisotopic (exact) mass is 477 g/mol. The first kappa shape index (κ1) is 26.1. The quantitative estimate of drug-likeness (QED) is 0.385. The van der Waals surface area contributed by atoms with Gasteiger partial charge in [-0.05, 0) is 56.0 Å². The third kappa shape index (κ3) is 6.15. The third-order valence-corrected chi connectivity index (χ3v) is 5.85. The molecule has 3 aromatic rings. The molecule has 0 aliphatic rings. The minimum atomic E-state index is -0.440. The Balaban J connectivity index is 2.16. The first-order valence-electron chi connectivity index (χ1n) is 12.3. The topological polar surface area (TPSA) is 81.5 Å².